The molecule has 32 heavy (non-hydrogen) atoms. The third-order valence-electron chi connectivity index (χ3n) is 4.47. The number of nitrogens with two attached hydrogens (primary N) is 1. The molecular formula is C25H32F3N3O. The van der Waals surface area contributed by atoms with Crippen molar-refractivity contribution in [2.24, 2.45) is 10.7 Å². The fourth-order valence-electron chi connectivity index (χ4n) is 2.78. The minimum Gasteiger partial charge on any atom is -0.497 e. The molecule has 0 atom stereocenters. The topological polar surface area (TPSA) is 59.6 Å². The van der Waals surface area contributed by atoms with E-state index in [1.807, 2.05) is 33.0 Å². The lowest BCUT2D eigenvalue weighted by atomic mass is 10.1. The molecule has 7 heteroatoms. The third kappa shape index (κ3) is 9.27. The van der Waals surface area contributed by atoms with Crippen LogP contribution >= 0.6 is 0 Å². The van der Waals surface area contributed by atoms with Gasteiger partial charge in [-0.2, -0.15) is 0 Å². The van der Waals surface area contributed by atoms with Crippen LogP contribution in [0.2, 0.25) is 0 Å². The average Bonchev–Trinajstić information content (AvgIpc) is 3.30. The maximum absolute atomic E-state index is 13.1. The molecule has 0 fully saturated rings. The Balaban J connectivity index is 0.000000680. The number of ether oxygens (including phenoxy) is 1. The van der Waals surface area contributed by atoms with Crippen molar-refractivity contribution in [1.29, 1.82) is 0 Å². The highest BCUT2D eigenvalue weighted by atomic mass is 19.2. The van der Waals surface area contributed by atoms with Crippen molar-refractivity contribution in [3.05, 3.63) is 82.2 Å². The van der Waals surface area contributed by atoms with Gasteiger partial charge in [0.15, 0.2) is 17.5 Å². The highest BCUT2D eigenvalue weighted by molar-refractivity contribution is 5.80. The van der Waals surface area contributed by atoms with Gasteiger partial charge in [-0.3, -0.25) is 4.99 Å². The van der Waals surface area contributed by atoms with E-state index < -0.39 is 17.5 Å². The van der Waals surface area contributed by atoms with E-state index in [-0.39, 0.29) is 5.56 Å². The lowest BCUT2D eigenvalue weighted by molar-refractivity contribution is 0.305. The SMILES string of the molecule is C#C.C/C=C(\C=C(\C)CN)OC.C=C(N=Cc1cc(F)c(F)c(F)c1)C1=C(NC)CCC1. The first-order valence-corrected chi connectivity index (χ1v) is 9.95. The number of rotatable bonds is 7. The molecule has 0 saturated heterocycles. The summed E-state index contributed by atoms with van der Waals surface area (Å²) in [4.78, 5) is 4.11. The van der Waals surface area contributed by atoms with Crippen LogP contribution in [0.4, 0.5) is 13.2 Å². The summed E-state index contributed by atoms with van der Waals surface area (Å²) in [6, 6.07) is 1.80. The van der Waals surface area contributed by atoms with Gasteiger partial charge in [-0.1, -0.05) is 12.2 Å². The number of nitrogens with one attached hydrogen (secondary N) is 1. The van der Waals surface area contributed by atoms with E-state index in [2.05, 4.69) is 29.7 Å². The van der Waals surface area contributed by atoms with Gasteiger partial charge in [0.05, 0.1) is 12.8 Å². The first-order chi connectivity index (χ1) is 15.3. The van der Waals surface area contributed by atoms with E-state index in [0.29, 0.717) is 12.2 Å². The molecule has 0 aliphatic heterocycles. The predicted molar refractivity (Wildman–Crippen MR) is 126 cm³/mol. The Morgan fingerprint density at radius 1 is 1.25 bits per heavy atom. The molecule has 0 unspecified atom stereocenters. The van der Waals surface area contributed by atoms with E-state index in [1.165, 1.54) is 6.21 Å². The summed E-state index contributed by atoms with van der Waals surface area (Å²) in [6.45, 7) is 8.34. The van der Waals surface area contributed by atoms with Crippen LogP contribution in [0.1, 0.15) is 38.7 Å². The zero-order valence-electron chi connectivity index (χ0n) is 19.1. The molecule has 1 aromatic carbocycles. The second-order valence-electron chi connectivity index (χ2n) is 6.65. The van der Waals surface area contributed by atoms with Crippen molar-refractivity contribution in [2.45, 2.75) is 33.1 Å². The molecule has 0 saturated carbocycles. The lowest BCUT2D eigenvalue weighted by Crippen LogP contribution is -2.05. The summed E-state index contributed by atoms with van der Waals surface area (Å²) in [5, 5.41) is 3.09. The number of hydrogen-bond donors (Lipinski definition) is 2. The smallest absolute Gasteiger partial charge is 0.194 e. The highest BCUT2D eigenvalue weighted by Gasteiger charge is 2.15. The fourth-order valence-corrected chi connectivity index (χ4v) is 2.78. The molecule has 0 amide bonds. The van der Waals surface area contributed by atoms with Crippen molar-refractivity contribution in [3.63, 3.8) is 0 Å². The number of allylic oxidation sites excluding steroid dienone is 4. The van der Waals surface area contributed by atoms with Gasteiger partial charge < -0.3 is 15.8 Å². The van der Waals surface area contributed by atoms with Gasteiger partial charge in [0, 0.05) is 25.5 Å². The van der Waals surface area contributed by atoms with Gasteiger partial charge in [0.1, 0.15) is 5.76 Å². The fraction of sp³-hybridized carbons (Fsp3) is 0.320. The molecule has 0 heterocycles. The van der Waals surface area contributed by atoms with Crippen molar-refractivity contribution in [3.8, 4) is 12.8 Å². The van der Waals surface area contributed by atoms with Gasteiger partial charge in [-0.15, -0.1) is 12.8 Å². The minimum atomic E-state index is -1.48. The maximum atomic E-state index is 13.1. The van der Waals surface area contributed by atoms with Crippen LogP contribution in [-0.4, -0.2) is 26.9 Å². The van der Waals surface area contributed by atoms with E-state index in [1.54, 1.807) is 7.11 Å². The summed E-state index contributed by atoms with van der Waals surface area (Å²) < 4.78 is 44.0. The lowest BCUT2D eigenvalue weighted by Gasteiger charge is -2.06. The Hall–Kier alpha value is -3.24. The zero-order chi connectivity index (χ0) is 24.7. The molecular weight excluding hydrogens is 415 g/mol. The molecule has 1 aliphatic rings. The summed E-state index contributed by atoms with van der Waals surface area (Å²) in [7, 11) is 3.48. The van der Waals surface area contributed by atoms with Crippen molar-refractivity contribution in [1.82, 2.24) is 5.32 Å². The summed E-state index contributed by atoms with van der Waals surface area (Å²) in [5.74, 6) is -3.07. The molecule has 0 bridgehead atoms. The second-order valence-corrected chi connectivity index (χ2v) is 6.65. The predicted octanol–water partition coefficient (Wildman–Crippen LogP) is 5.38. The Labute approximate surface area is 189 Å². The largest absolute Gasteiger partial charge is 0.497 e. The van der Waals surface area contributed by atoms with Gasteiger partial charge in [0.25, 0.3) is 0 Å². The van der Waals surface area contributed by atoms with Crippen LogP contribution in [0.3, 0.4) is 0 Å². The molecule has 3 N–H and O–H groups in total. The number of nitrogens with zero attached hydrogens (tertiary/aromatic N) is 1. The standard InChI is InChI=1S/C15H15F3N2.C8H15NO.C2H2/c1-9(11-4-3-5-14(11)19-2)20-8-10-6-12(16)15(18)13(17)7-10;1-4-8(10-3)5-7(2)6-9;1-2/h6-8,19H,1,3-5H2,2H3;4-5H,6,9H2,1-3H3;1-2H/b;7-5-,8-4+;. The molecule has 2 rings (SSSR count). The quantitative estimate of drug-likeness (QED) is 0.194. The number of benzene rings is 1. The van der Waals surface area contributed by atoms with Crippen LogP contribution in [0.15, 0.2) is 64.2 Å². The zero-order valence-corrected chi connectivity index (χ0v) is 19.1. The number of methoxy groups -OCH3 is 1. The summed E-state index contributed by atoms with van der Waals surface area (Å²) >= 11 is 0. The number of hydrogen-bond acceptors (Lipinski definition) is 4. The minimum absolute atomic E-state index is 0.159. The first kappa shape index (κ1) is 28.8. The van der Waals surface area contributed by atoms with Crippen molar-refractivity contribution >= 4 is 6.21 Å². The van der Waals surface area contributed by atoms with Gasteiger partial charge in [-0.25, -0.2) is 13.2 Å². The number of terminal acetylenes is 1. The van der Waals surface area contributed by atoms with Crippen LogP contribution in [0, 0.1) is 30.3 Å². The third-order valence-corrected chi connectivity index (χ3v) is 4.47. The molecule has 174 valence electrons. The van der Waals surface area contributed by atoms with Crippen molar-refractivity contribution in [2.75, 3.05) is 20.7 Å². The Morgan fingerprint density at radius 3 is 2.31 bits per heavy atom. The Morgan fingerprint density at radius 2 is 1.84 bits per heavy atom. The van der Waals surface area contributed by atoms with E-state index in [4.69, 9.17) is 10.5 Å². The van der Waals surface area contributed by atoms with Crippen LogP contribution in [-0.2, 0) is 4.74 Å². The van der Waals surface area contributed by atoms with Crippen LogP contribution in [0.5, 0.6) is 0 Å². The Bertz CT molecular complexity index is 889. The molecule has 0 spiro atoms. The molecule has 0 aromatic heterocycles. The highest BCUT2D eigenvalue weighted by Crippen LogP contribution is 2.29. The van der Waals surface area contributed by atoms with E-state index >= 15 is 0 Å². The van der Waals surface area contributed by atoms with Crippen LogP contribution in [0.25, 0.3) is 0 Å². The molecule has 1 aromatic rings. The Kier molecular flexibility index (Phi) is 14.0. The maximum Gasteiger partial charge on any atom is 0.194 e. The molecule has 4 nitrogen and oxygen atoms in total. The summed E-state index contributed by atoms with van der Waals surface area (Å²) in [6.07, 6.45) is 16.0. The van der Waals surface area contributed by atoms with E-state index in [0.717, 1.165) is 54.0 Å². The second kappa shape index (κ2) is 15.5. The average molecular weight is 448 g/mol. The number of halogens is 3. The molecule has 0 radical (unpaired) electrons. The molecule has 1 aliphatic carbocycles. The monoisotopic (exact) mass is 447 g/mol. The normalized spacial score (nSPS) is 13.8. The van der Waals surface area contributed by atoms with Gasteiger partial charge in [-0.05, 0) is 68.5 Å². The first-order valence-electron chi connectivity index (χ1n) is 9.95. The van der Waals surface area contributed by atoms with Gasteiger partial charge >= 0.3 is 0 Å². The summed E-state index contributed by atoms with van der Waals surface area (Å²) in [5.41, 5.74) is 9.32. The number of aliphatic imine (C=N–C) groups is 1. The van der Waals surface area contributed by atoms with Crippen LogP contribution < -0.4 is 11.1 Å². The van der Waals surface area contributed by atoms with Crippen molar-refractivity contribution < 1.29 is 17.9 Å². The van der Waals surface area contributed by atoms with Gasteiger partial charge in [0.2, 0.25) is 0 Å². The van der Waals surface area contributed by atoms with E-state index in [9.17, 15) is 13.2 Å².